The Balaban J connectivity index is 1.94. The zero-order valence-electron chi connectivity index (χ0n) is 13.2. The van der Waals surface area contributed by atoms with Crippen molar-refractivity contribution >= 4 is 27.8 Å². The van der Waals surface area contributed by atoms with E-state index in [-0.39, 0.29) is 11.6 Å². The molecule has 3 aromatic heterocycles. The third-order valence-corrected chi connectivity index (χ3v) is 4.27. The summed E-state index contributed by atoms with van der Waals surface area (Å²) in [7, 11) is 1.86. The number of benzene rings is 1. The van der Waals surface area contributed by atoms with E-state index in [9.17, 15) is 15.3 Å². The number of fused-ring (bicyclic) bond motifs is 4. The van der Waals surface area contributed by atoms with E-state index in [2.05, 4.69) is 20.3 Å². The molecule has 1 aromatic carbocycles. The van der Waals surface area contributed by atoms with Gasteiger partial charge in [-0.2, -0.15) is 14.6 Å². The molecule has 0 aliphatic rings. The molecular weight excluding hydrogens is 328 g/mol. The van der Waals surface area contributed by atoms with Crippen LogP contribution in [0.1, 0.15) is 11.9 Å². The van der Waals surface area contributed by atoms with Crippen molar-refractivity contribution in [2.24, 2.45) is 7.05 Å². The number of hydrogen-bond acceptors (Lipinski definition) is 8. The fourth-order valence-corrected chi connectivity index (χ4v) is 2.89. The summed E-state index contributed by atoms with van der Waals surface area (Å²) in [6, 6.07) is 7.65. The zero-order valence-corrected chi connectivity index (χ0v) is 13.2. The molecule has 25 heavy (non-hydrogen) atoms. The van der Waals surface area contributed by atoms with Gasteiger partial charge in [-0.15, -0.1) is 10.2 Å². The molecule has 4 rings (SSSR count). The van der Waals surface area contributed by atoms with Gasteiger partial charge in [-0.3, -0.25) is 0 Å². The van der Waals surface area contributed by atoms with Crippen molar-refractivity contribution in [2.75, 3.05) is 6.61 Å². The van der Waals surface area contributed by atoms with Crippen LogP contribution in [-0.4, -0.2) is 68.6 Å². The molecule has 0 saturated heterocycles. The van der Waals surface area contributed by atoms with E-state index in [1.165, 1.54) is 4.52 Å². The SMILES string of the molecule is Cn1c2ccccc2c2nn3c([C@H](O)[C@@H](O)[C@H](O)CO)nnc3nc21. The van der Waals surface area contributed by atoms with Crippen LogP contribution >= 0.6 is 0 Å². The monoisotopic (exact) mass is 344 g/mol. The average Bonchev–Trinajstić information content (AvgIpc) is 3.18. The molecule has 0 radical (unpaired) electrons. The molecule has 130 valence electrons. The van der Waals surface area contributed by atoms with E-state index >= 15 is 0 Å². The Morgan fingerprint density at radius 2 is 1.88 bits per heavy atom. The summed E-state index contributed by atoms with van der Waals surface area (Å²) in [6.07, 6.45) is -4.74. The molecule has 10 heteroatoms. The van der Waals surface area contributed by atoms with Gasteiger partial charge in [-0.05, 0) is 6.07 Å². The van der Waals surface area contributed by atoms with Gasteiger partial charge in [0.05, 0.1) is 12.1 Å². The van der Waals surface area contributed by atoms with Crippen molar-refractivity contribution in [3.05, 3.63) is 30.1 Å². The lowest BCUT2D eigenvalue weighted by atomic mass is 10.1. The van der Waals surface area contributed by atoms with E-state index in [0.29, 0.717) is 11.2 Å². The standard InChI is InChI=1S/C15H16N6O4/c1-20-8-5-3-2-4-7(8)10-13(20)16-15-18-17-14(21(15)19-10)12(25)11(24)9(23)6-22/h2-5,9,11-12,22-25H,6H2,1H3/t9-,11+,12-/m1/s1. The van der Waals surface area contributed by atoms with Gasteiger partial charge in [0.25, 0.3) is 5.78 Å². The first-order valence-corrected chi connectivity index (χ1v) is 7.64. The van der Waals surface area contributed by atoms with Crippen molar-refractivity contribution in [3.63, 3.8) is 0 Å². The van der Waals surface area contributed by atoms with Crippen LogP contribution in [0.4, 0.5) is 0 Å². The minimum Gasteiger partial charge on any atom is -0.394 e. The number of aliphatic hydroxyl groups excluding tert-OH is 4. The molecule has 0 unspecified atom stereocenters. The summed E-state index contributed by atoms with van der Waals surface area (Å²) in [4.78, 5) is 4.43. The highest BCUT2D eigenvalue weighted by Crippen LogP contribution is 2.26. The van der Waals surface area contributed by atoms with Crippen LogP contribution in [-0.2, 0) is 7.05 Å². The van der Waals surface area contributed by atoms with Gasteiger partial charge >= 0.3 is 0 Å². The van der Waals surface area contributed by atoms with Gasteiger partial charge < -0.3 is 25.0 Å². The van der Waals surface area contributed by atoms with Crippen LogP contribution < -0.4 is 0 Å². The lowest BCUT2D eigenvalue weighted by Gasteiger charge is -2.19. The molecule has 4 aromatic rings. The molecule has 3 atom stereocenters. The molecule has 0 saturated carbocycles. The second kappa shape index (κ2) is 5.70. The summed E-state index contributed by atoms with van der Waals surface area (Å²) in [5.41, 5.74) is 2.14. The van der Waals surface area contributed by atoms with Gasteiger partial charge in [-0.25, -0.2) is 0 Å². The predicted molar refractivity (Wildman–Crippen MR) is 86.6 cm³/mol. The van der Waals surface area contributed by atoms with Crippen LogP contribution in [0, 0.1) is 0 Å². The summed E-state index contributed by atoms with van der Waals surface area (Å²) < 4.78 is 3.11. The molecular formula is C15H16N6O4. The number of aromatic nitrogens is 6. The largest absolute Gasteiger partial charge is 0.394 e. The Labute approximate surface area is 140 Å². The fraction of sp³-hybridized carbons (Fsp3) is 0.333. The number of aryl methyl sites for hydroxylation is 1. The number of nitrogens with zero attached hydrogens (tertiary/aromatic N) is 6. The Morgan fingerprint density at radius 3 is 2.64 bits per heavy atom. The first kappa shape index (κ1) is 15.8. The smallest absolute Gasteiger partial charge is 0.274 e. The maximum Gasteiger partial charge on any atom is 0.274 e. The number of aliphatic hydroxyl groups is 4. The number of hydrogen-bond donors (Lipinski definition) is 4. The minimum absolute atomic E-state index is 0.0719. The molecule has 3 heterocycles. The summed E-state index contributed by atoms with van der Waals surface area (Å²) in [6.45, 7) is -0.700. The first-order chi connectivity index (χ1) is 12.0. The summed E-state index contributed by atoms with van der Waals surface area (Å²) in [5, 5.41) is 51.7. The van der Waals surface area contributed by atoms with Crippen molar-refractivity contribution in [1.82, 2.24) is 29.4 Å². The van der Waals surface area contributed by atoms with Crippen LogP contribution in [0.2, 0.25) is 0 Å². The molecule has 4 N–H and O–H groups in total. The number of rotatable bonds is 4. The summed E-state index contributed by atoms with van der Waals surface area (Å²) in [5.74, 6) is 0.0791. The van der Waals surface area contributed by atoms with Gasteiger partial charge in [0.2, 0.25) is 0 Å². The predicted octanol–water partition coefficient (Wildman–Crippen LogP) is -1.09. The maximum absolute atomic E-state index is 10.3. The third kappa shape index (κ3) is 2.27. The Hall–Kier alpha value is -2.66. The second-order valence-electron chi connectivity index (χ2n) is 5.82. The van der Waals surface area contributed by atoms with Gasteiger partial charge in [0.1, 0.15) is 23.8 Å². The highest BCUT2D eigenvalue weighted by Gasteiger charge is 2.30. The molecule has 0 fully saturated rings. The maximum atomic E-state index is 10.3. The number of para-hydroxylation sites is 1. The molecule has 0 amide bonds. The lowest BCUT2D eigenvalue weighted by molar-refractivity contribution is -0.0808. The summed E-state index contributed by atoms with van der Waals surface area (Å²) >= 11 is 0. The lowest BCUT2D eigenvalue weighted by Crippen LogP contribution is -2.35. The van der Waals surface area contributed by atoms with Gasteiger partial charge in [0.15, 0.2) is 11.5 Å². The van der Waals surface area contributed by atoms with Crippen molar-refractivity contribution < 1.29 is 20.4 Å². The highest BCUT2D eigenvalue weighted by molar-refractivity contribution is 6.04. The molecule has 0 bridgehead atoms. The molecule has 0 spiro atoms. The average molecular weight is 344 g/mol. The Kier molecular flexibility index (Phi) is 3.62. The fourth-order valence-electron chi connectivity index (χ4n) is 2.89. The Bertz CT molecular complexity index is 1070. The van der Waals surface area contributed by atoms with Crippen molar-refractivity contribution in [3.8, 4) is 0 Å². The third-order valence-electron chi connectivity index (χ3n) is 4.27. The highest BCUT2D eigenvalue weighted by atomic mass is 16.4. The van der Waals surface area contributed by atoms with Crippen LogP contribution in [0.25, 0.3) is 27.8 Å². The van der Waals surface area contributed by atoms with Crippen molar-refractivity contribution in [1.29, 1.82) is 0 Å². The van der Waals surface area contributed by atoms with E-state index in [0.717, 1.165) is 10.9 Å². The Morgan fingerprint density at radius 1 is 1.12 bits per heavy atom. The van der Waals surface area contributed by atoms with E-state index in [1.54, 1.807) is 0 Å². The quantitative estimate of drug-likeness (QED) is 0.366. The van der Waals surface area contributed by atoms with Gasteiger partial charge in [-0.1, -0.05) is 18.2 Å². The van der Waals surface area contributed by atoms with E-state index < -0.39 is 24.9 Å². The molecule has 10 nitrogen and oxygen atoms in total. The van der Waals surface area contributed by atoms with Crippen molar-refractivity contribution in [2.45, 2.75) is 18.3 Å². The second-order valence-corrected chi connectivity index (χ2v) is 5.82. The topological polar surface area (TPSA) is 142 Å². The molecule has 0 aliphatic heterocycles. The zero-order chi connectivity index (χ0) is 17.7. The minimum atomic E-state index is -1.64. The van der Waals surface area contributed by atoms with Crippen LogP contribution in [0.3, 0.4) is 0 Å². The van der Waals surface area contributed by atoms with E-state index in [1.807, 2.05) is 35.9 Å². The normalized spacial score (nSPS) is 15.9. The van der Waals surface area contributed by atoms with Crippen LogP contribution in [0.15, 0.2) is 24.3 Å². The van der Waals surface area contributed by atoms with Gasteiger partial charge in [0, 0.05) is 12.4 Å². The molecule has 0 aliphatic carbocycles. The first-order valence-electron chi connectivity index (χ1n) is 7.64. The van der Waals surface area contributed by atoms with Crippen LogP contribution in [0.5, 0.6) is 0 Å². The van der Waals surface area contributed by atoms with E-state index in [4.69, 9.17) is 5.11 Å².